The van der Waals surface area contributed by atoms with Gasteiger partial charge in [-0.05, 0) is 19.8 Å². The van der Waals surface area contributed by atoms with Gasteiger partial charge in [-0.1, -0.05) is 25.7 Å². The molecule has 0 saturated heterocycles. The van der Waals surface area contributed by atoms with Gasteiger partial charge in [0.25, 0.3) is 0 Å². The Labute approximate surface area is 95.5 Å². The van der Waals surface area contributed by atoms with Gasteiger partial charge in [-0.15, -0.1) is 0 Å². The first-order chi connectivity index (χ1) is 7.24. The highest BCUT2D eigenvalue weighted by atomic mass is 28.4. The topological polar surface area (TPSA) is 27.7 Å². The second-order valence-corrected chi connectivity index (χ2v) is 5.92. The van der Waals surface area contributed by atoms with E-state index in [4.69, 9.17) is 28.3 Å². The van der Waals surface area contributed by atoms with Crippen molar-refractivity contribution in [3.8, 4) is 0 Å². The Kier molecular flexibility index (Phi) is 9.39. The molecule has 0 heterocycles. The maximum Gasteiger partial charge on any atom is 0.502 e. The summed E-state index contributed by atoms with van der Waals surface area (Å²) in [5.41, 5.74) is 0. The molecule has 0 unspecified atom stereocenters. The van der Waals surface area contributed by atoms with Gasteiger partial charge in [-0.3, -0.25) is 0 Å². The zero-order valence-electron chi connectivity index (χ0n) is 8.98. The molecule has 0 spiro atoms. The third-order valence-electron chi connectivity index (χ3n) is 2.23. The SMILES string of the molecule is [CH]CCCCCCC[Si](O[CH])(O[CH])O[CH]. The molecule has 3 nitrogen and oxygen atoms in total. The van der Waals surface area contributed by atoms with E-state index < -0.39 is 8.80 Å². The summed E-state index contributed by atoms with van der Waals surface area (Å²) in [6, 6.07) is 0.527. The van der Waals surface area contributed by atoms with Crippen LogP contribution in [-0.4, -0.2) is 8.80 Å². The molecule has 0 aromatic heterocycles. The van der Waals surface area contributed by atoms with E-state index in [9.17, 15) is 0 Å². The van der Waals surface area contributed by atoms with Crippen LogP contribution in [0.1, 0.15) is 38.5 Å². The van der Waals surface area contributed by atoms with Crippen LogP contribution in [0.2, 0.25) is 6.04 Å². The summed E-state index contributed by atoms with van der Waals surface area (Å²) in [5, 5.41) is 0. The predicted molar refractivity (Wildman–Crippen MR) is 58.7 cm³/mol. The van der Waals surface area contributed by atoms with Gasteiger partial charge < -0.3 is 13.3 Å². The average Bonchev–Trinajstić information content (AvgIpc) is 2.29. The molecule has 0 bridgehead atoms. The summed E-state index contributed by atoms with van der Waals surface area (Å²) in [4.78, 5) is 0. The maximum absolute atomic E-state index is 5.37. The standard InChI is InChI=1S/C11H18O3Si/c1-5-6-7-8-9-10-11-15(12-2,13-3)14-4/h1-4H,5-11H2. The van der Waals surface area contributed by atoms with Gasteiger partial charge >= 0.3 is 8.80 Å². The lowest BCUT2D eigenvalue weighted by molar-refractivity contribution is 0.170. The van der Waals surface area contributed by atoms with Gasteiger partial charge in [0, 0.05) is 6.04 Å². The minimum atomic E-state index is -2.98. The van der Waals surface area contributed by atoms with Crippen LogP contribution in [0, 0.1) is 28.3 Å². The van der Waals surface area contributed by atoms with Crippen molar-refractivity contribution in [1.29, 1.82) is 0 Å². The highest BCUT2D eigenvalue weighted by molar-refractivity contribution is 6.60. The number of unbranched alkanes of at least 4 members (excludes halogenated alkanes) is 5. The van der Waals surface area contributed by atoms with Crippen molar-refractivity contribution >= 4 is 8.80 Å². The van der Waals surface area contributed by atoms with Crippen LogP contribution in [0.4, 0.5) is 0 Å². The van der Waals surface area contributed by atoms with Crippen LogP contribution < -0.4 is 0 Å². The van der Waals surface area contributed by atoms with E-state index >= 15 is 0 Å². The highest BCUT2D eigenvalue weighted by Crippen LogP contribution is 2.19. The van der Waals surface area contributed by atoms with Crippen LogP contribution in [0.3, 0.4) is 0 Å². The lowest BCUT2D eigenvalue weighted by atomic mass is 10.1. The molecule has 0 aromatic carbocycles. The van der Waals surface area contributed by atoms with E-state index in [1.807, 2.05) is 0 Å². The molecule has 84 valence electrons. The van der Waals surface area contributed by atoms with E-state index in [0.717, 1.165) is 38.5 Å². The van der Waals surface area contributed by atoms with E-state index in [-0.39, 0.29) is 0 Å². The minimum Gasteiger partial charge on any atom is -0.365 e. The fourth-order valence-corrected chi connectivity index (χ4v) is 2.48. The second-order valence-electron chi connectivity index (χ2n) is 3.34. The molecular weight excluding hydrogens is 208 g/mol. The van der Waals surface area contributed by atoms with E-state index in [2.05, 4.69) is 13.3 Å². The molecular formula is C11H18O3Si. The molecule has 0 aliphatic carbocycles. The van der Waals surface area contributed by atoms with Gasteiger partial charge in [0.05, 0.1) is 0 Å². The molecule has 0 aliphatic heterocycles. The first-order valence-electron chi connectivity index (χ1n) is 5.08. The average molecular weight is 226 g/mol. The Morgan fingerprint density at radius 1 is 0.733 bits per heavy atom. The lowest BCUT2D eigenvalue weighted by Crippen LogP contribution is -2.40. The molecule has 0 rings (SSSR count). The summed E-state index contributed by atoms with van der Waals surface area (Å²) in [6.45, 7) is 5.37. The number of hydrogen-bond acceptors (Lipinski definition) is 3. The first kappa shape index (κ1) is 15.1. The molecule has 0 amide bonds. The predicted octanol–water partition coefficient (Wildman–Crippen LogP) is 3.03. The number of rotatable bonds is 10. The summed E-state index contributed by atoms with van der Waals surface area (Å²) < 4.78 is 13.8. The van der Waals surface area contributed by atoms with Gasteiger partial charge in [-0.2, -0.15) is 0 Å². The third kappa shape index (κ3) is 6.30. The minimum absolute atomic E-state index is 0.527. The normalized spacial score (nSPS) is 12.0. The Morgan fingerprint density at radius 3 is 1.67 bits per heavy atom. The molecule has 0 aliphatic rings. The third-order valence-corrected chi connectivity index (χ3v) is 4.27. The molecule has 0 fully saturated rings. The van der Waals surface area contributed by atoms with Gasteiger partial charge in [-0.25, -0.2) is 0 Å². The van der Waals surface area contributed by atoms with Crippen LogP contribution >= 0.6 is 0 Å². The van der Waals surface area contributed by atoms with Crippen molar-refractivity contribution in [3.05, 3.63) is 28.3 Å². The molecule has 8 radical (unpaired) electrons. The largest absolute Gasteiger partial charge is 0.502 e. The zero-order valence-corrected chi connectivity index (χ0v) is 9.98. The Morgan fingerprint density at radius 2 is 1.20 bits per heavy atom. The van der Waals surface area contributed by atoms with Crippen molar-refractivity contribution in [3.63, 3.8) is 0 Å². The summed E-state index contributed by atoms with van der Waals surface area (Å²) >= 11 is 0. The van der Waals surface area contributed by atoms with Gasteiger partial charge in [0.15, 0.2) is 0 Å². The molecule has 15 heavy (non-hydrogen) atoms. The van der Waals surface area contributed by atoms with Crippen molar-refractivity contribution in [1.82, 2.24) is 0 Å². The number of hydrogen-bond donors (Lipinski definition) is 0. The first-order valence-corrected chi connectivity index (χ1v) is 7.01. The van der Waals surface area contributed by atoms with Crippen molar-refractivity contribution in [2.45, 2.75) is 44.6 Å². The second kappa shape index (κ2) is 9.33. The quantitative estimate of drug-likeness (QED) is 0.423. The van der Waals surface area contributed by atoms with E-state index in [1.165, 1.54) is 0 Å². The monoisotopic (exact) mass is 226 g/mol. The molecule has 0 aromatic rings. The van der Waals surface area contributed by atoms with Crippen LogP contribution in [0.25, 0.3) is 0 Å². The molecule has 0 N–H and O–H groups in total. The van der Waals surface area contributed by atoms with Crippen LogP contribution in [-0.2, 0) is 13.3 Å². The highest BCUT2D eigenvalue weighted by Gasteiger charge is 2.37. The maximum atomic E-state index is 5.37. The molecule has 0 atom stereocenters. The Balaban J connectivity index is 3.54. The fraction of sp³-hybridized carbons (Fsp3) is 0.636. The zero-order chi connectivity index (χ0) is 11.6. The van der Waals surface area contributed by atoms with Gasteiger partial charge in [0.1, 0.15) is 21.3 Å². The van der Waals surface area contributed by atoms with Crippen molar-refractivity contribution in [2.24, 2.45) is 0 Å². The molecule has 4 heteroatoms. The fourth-order valence-electron chi connectivity index (χ4n) is 1.28. The summed E-state index contributed by atoms with van der Waals surface area (Å²) in [5.74, 6) is 0. The Bertz CT molecular complexity index is 130. The lowest BCUT2D eigenvalue weighted by Gasteiger charge is -2.22. The van der Waals surface area contributed by atoms with Crippen molar-refractivity contribution in [2.75, 3.05) is 0 Å². The Hall–Kier alpha value is 0.0969. The van der Waals surface area contributed by atoms with Crippen LogP contribution in [0.15, 0.2) is 0 Å². The van der Waals surface area contributed by atoms with E-state index in [0.29, 0.717) is 6.04 Å². The summed E-state index contributed by atoms with van der Waals surface area (Å²) in [7, 11) is 12.1. The van der Waals surface area contributed by atoms with Crippen molar-refractivity contribution < 1.29 is 13.3 Å². The van der Waals surface area contributed by atoms with E-state index in [1.54, 1.807) is 0 Å². The van der Waals surface area contributed by atoms with Crippen LogP contribution in [0.5, 0.6) is 0 Å². The molecule has 0 saturated carbocycles. The van der Waals surface area contributed by atoms with Gasteiger partial charge in [0.2, 0.25) is 0 Å². The summed E-state index contributed by atoms with van der Waals surface area (Å²) in [6.07, 6.45) is 5.93. The smallest absolute Gasteiger partial charge is 0.365 e.